The Hall–Kier alpha value is -2.24. The zero-order chi connectivity index (χ0) is 16.1. The summed E-state index contributed by atoms with van der Waals surface area (Å²) in [6.07, 6.45) is -1.01. The van der Waals surface area contributed by atoms with Crippen LogP contribution in [0.5, 0.6) is 0 Å². The fourth-order valence-corrected chi connectivity index (χ4v) is 2.18. The van der Waals surface area contributed by atoms with Crippen LogP contribution in [-0.4, -0.2) is 22.8 Å². The molecular formula is C17H17FO4. The molecule has 22 heavy (non-hydrogen) atoms. The molecule has 0 aliphatic heterocycles. The van der Waals surface area contributed by atoms with Gasteiger partial charge in [0.15, 0.2) is 0 Å². The summed E-state index contributed by atoms with van der Waals surface area (Å²) < 4.78 is 17.8. The van der Waals surface area contributed by atoms with E-state index >= 15 is 0 Å². The standard InChI is InChI=1S/C17H17FO4/c1-2-22-17(21)12-5-8-15(13(9-12)10-19)16(20)11-3-6-14(18)7-4-11/h3-9,16,19-20H,2,10H2,1H3. The van der Waals surface area contributed by atoms with Gasteiger partial charge in [-0.3, -0.25) is 0 Å². The van der Waals surface area contributed by atoms with Gasteiger partial charge < -0.3 is 14.9 Å². The Labute approximate surface area is 127 Å². The first kappa shape index (κ1) is 16.1. The third-order valence-electron chi connectivity index (χ3n) is 3.30. The Morgan fingerprint density at radius 3 is 2.50 bits per heavy atom. The van der Waals surface area contributed by atoms with Crippen LogP contribution in [0.25, 0.3) is 0 Å². The highest BCUT2D eigenvalue weighted by atomic mass is 19.1. The SMILES string of the molecule is CCOC(=O)c1ccc(C(O)c2ccc(F)cc2)c(CO)c1. The van der Waals surface area contributed by atoms with E-state index in [2.05, 4.69) is 0 Å². The van der Waals surface area contributed by atoms with E-state index in [-0.39, 0.29) is 13.2 Å². The van der Waals surface area contributed by atoms with E-state index in [0.717, 1.165) is 0 Å². The molecule has 116 valence electrons. The predicted molar refractivity (Wildman–Crippen MR) is 78.8 cm³/mol. The van der Waals surface area contributed by atoms with Crippen LogP contribution in [0, 0.1) is 5.82 Å². The van der Waals surface area contributed by atoms with Crippen molar-refractivity contribution in [1.82, 2.24) is 0 Å². The van der Waals surface area contributed by atoms with Crippen LogP contribution >= 0.6 is 0 Å². The molecule has 0 radical (unpaired) electrons. The minimum absolute atomic E-state index is 0.257. The van der Waals surface area contributed by atoms with E-state index in [1.807, 2.05) is 0 Å². The number of carbonyl (C=O) groups is 1. The van der Waals surface area contributed by atoms with Gasteiger partial charge in [0, 0.05) is 0 Å². The molecule has 0 aliphatic carbocycles. The van der Waals surface area contributed by atoms with E-state index in [4.69, 9.17) is 4.74 Å². The van der Waals surface area contributed by atoms with Gasteiger partial charge in [0.1, 0.15) is 11.9 Å². The maximum absolute atomic E-state index is 12.9. The van der Waals surface area contributed by atoms with Crippen molar-refractivity contribution < 1.29 is 24.1 Å². The summed E-state index contributed by atoms with van der Waals surface area (Å²) in [5, 5.41) is 19.8. The zero-order valence-corrected chi connectivity index (χ0v) is 12.1. The van der Waals surface area contributed by atoms with Crippen LogP contribution < -0.4 is 0 Å². The fourth-order valence-electron chi connectivity index (χ4n) is 2.18. The largest absolute Gasteiger partial charge is 0.462 e. The van der Waals surface area contributed by atoms with Gasteiger partial charge in [0.05, 0.1) is 18.8 Å². The van der Waals surface area contributed by atoms with Gasteiger partial charge >= 0.3 is 5.97 Å². The number of ether oxygens (including phenoxy) is 1. The molecule has 0 aliphatic rings. The maximum atomic E-state index is 12.9. The topological polar surface area (TPSA) is 66.8 Å². The van der Waals surface area contributed by atoms with Gasteiger partial charge in [-0.2, -0.15) is 0 Å². The molecule has 0 heterocycles. The van der Waals surface area contributed by atoms with Crippen molar-refractivity contribution in [2.45, 2.75) is 19.6 Å². The molecule has 0 fully saturated rings. The Morgan fingerprint density at radius 2 is 1.91 bits per heavy atom. The number of esters is 1. The highest BCUT2D eigenvalue weighted by molar-refractivity contribution is 5.89. The molecule has 5 heteroatoms. The first-order valence-electron chi connectivity index (χ1n) is 6.91. The van der Waals surface area contributed by atoms with Gasteiger partial charge in [-0.15, -0.1) is 0 Å². The predicted octanol–water partition coefficient (Wildman–Crippen LogP) is 2.58. The molecule has 0 aromatic heterocycles. The Bertz CT molecular complexity index is 652. The Morgan fingerprint density at radius 1 is 1.23 bits per heavy atom. The van der Waals surface area contributed by atoms with Gasteiger partial charge in [-0.1, -0.05) is 18.2 Å². The lowest BCUT2D eigenvalue weighted by Gasteiger charge is -2.16. The number of aliphatic hydroxyl groups is 2. The summed E-state index contributed by atoms with van der Waals surface area (Å²) in [4.78, 5) is 11.7. The molecule has 2 aromatic rings. The summed E-state index contributed by atoms with van der Waals surface area (Å²) in [6, 6.07) is 10.0. The molecule has 4 nitrogen and oxygen atoms in total. The Kier molecular flexibility index (Phi) is 5.25. The van der Waals surface area contributed by atoms with E-state index in [9.17, 15) is 19.4 Å². The molecule has 0 saturated carbocycles. The van der Waals surface area contributed by atoms with Gasteiger partial charge in [-0.25, -0.2) is 9.18 Å². The lowest BCUT2D eigenvalue weighted by Crippen LogP contribution is -2.09. The molecule has 2 rings (SSSR count). The lowest BCUT2D eigenvalue weighted by atomic mass is 9.95. The summed E-state index contributed by atoms with van der Waals surface area (Å²) >= 11 is 0. The first-order chi connectivity index (χ1) is 10.6. The number of hydrogen-bond donors (Lipinski definition) is 2. The van der Waals surface area contributed by atoms with Crippen LogP contribution in [0.3, 0.4) is 0 Å². The van der Waals surface area contributed by atoms with Gasteiger partial charge in [-0.05, 0) is 47.9 Å². The van der Waals surface area contributed by atoms with E-state index < -0.39 is 17.9 Å². The average Bonchev–Trinajstić information content (AvgIpc) is 2.54. The van der Waals surface area contributed by atoms with Crippen molar-refractivity contribution in [2.75, 3.05) is 6.61 Å². The second-order valence-electron chi connectivity index (χ2n) is 4.75. The third-order valence-corrected chi connectivity index (χ3v) is 3.30. The van der Waals surface area contributed by atoms with Crippen molar-refractivity contribution >= 4 is 5.97 Å². The van der Waals surface area contributed by atoms with Crippen LogP contribution in [-0.2, 0) is 11.3 Å². The molecule has 1 unspecified atom stereocenters. The second kappa shape index (κ2) is 7.15. The molecule has 2 aromatic carbocycles. The van der Waals surface area contributed by atoms with Crippen molar-refractivity contribution in [3.05, 3.63) is 70.5 Å². The van der Waals surface area contributed by atoms with E-state index in [1.165, 1.54) is 36.4 Å². The van der Waals surface area contributed by atoms with Crippen LogP contribution in [0.1, 0.15) is 40.1 Å². The number of rotatable bonds is 5. The number of hydrogen-bond acceptors (Lipinski definition) is 4. The minimum Gasteiger partial charge on any atom is -0.462 e. The molecule has 0 saturated heterocycles. The zero-order valence-electron chi connectivity index (χ0n) is 12.1. The van der Waals surface area contributed by atoms with E-state index in [1.54, 1.807) is 13.0 Å². The van der Waals surface area contributed by atoms with Crippen molar-refractivity contribution in [1.29, 1.82) is 0 Å². The number of aliphatic hydroxyl groups excluding tert-OH is 2. The normalized spacial score (nSPS) is 12.0. The van der Waals surface area contributed by atoms with Crippen molar-refractivity contribution in [2.24, 2.45) is 0 Å². The van der Waals surface area contributed by atoms with E-state index in [0.29, 0.717) is 22.3 Å². The first-order valence-corrected chi connectivity index (χ1v) is 6.91. The van der Waals surface area contributed by atoms with Crippen molar-refractivity contribution in [3.8, 4) is 0 Å². The monoisotopic (exact) mass is 304 g/mol. The van der Waals surface area contributed by atoms with Gasteiger partial charge in [0.2, 0.25) is 0 Å². The summed E-state index contributed by atoms with van der Waals surface area (Å²) in [7, 11) is 0. The smallest absolute Gasteiger partial charge is 0.338 e. The molecule has 0 amide bonds. The summed E-state index contributed by atoms with van der Waals surface area (Å²) in [5.41, 5.74) is 1.69. The van der Waals surface area contributed by atoms with Gasteiger partial charge in [0.25, 0.3) is 0 Å². The molecule has 0 spiro atoms. The van der Waals surface area contributed by atoms with Crippen LogP contribution in [0.2, 0.25) is 0 Å². The Balaban J connectivity index is 2.34. The van der Waals surface area contributed by atoms with Crippen LogP contribution in [0.4, 0.5) is 4.39 Å². The highest BCUT2D eigenvalue weighted by Gasteiger charge is 2.17. The minimum atomic E-state index is -1.01. The summed E-state index contributed by atoms with van der Waals surface area (Å²) in [6.45, 7) is 1.63. The van der Waals surface area contributed by atoms with Crippen molar-refractivity contribution in [3.63, 3.8) is 0 Å². The van der Waals surface area contributed by atoms with Crippen LogP contribution in [0.15, 0.2) is 42.5 Å². The quantitative estimate of drug-likeness (QED) is 0.833. The molecule has 0 bridgehead atoms. The number of halogens is 1. The third kappa shape index (κ3) is 3.50. The maximum Gasteiger partial charge on any atom is 0.338 e. The number of carbonyl (C=O) groups excluding carboxylic acids is 1. The number of benzene rings is 2. The fraction of sp³-hybridized carbons (Fsp3) is 0.235. The highest BCUT2D eigenvalue weighted by Crippen LogP contribution is 2.26. The summed E-state index contributed by atoms with van der Waals surface area (Å²) in [5.74, 6) is -0.879. The second-order valence-corrected chi connectivity index (χ2v) is 4.75. The molecule has 2 N–H and O–H groups in total. The lowest BCUT2D eigenvalue weighted by molar-refractivity contribution is 0.0526. The molecule has 1 atom stereocenters. The average molecular weight is 304 g/mol. The molecular weight excluding hydrogens is 287 g/mol.